The number of Topliss-reactive ketones (excluding diaryl/α,β-unsaturated/α-hetero) is 1. The zero-order valence-electron chi connectivity index (χ0n) is 17.5. The van der Waals surface area contributed by atoms with Gasteiger partial charge in [0.2, 0.25) is 5.91 Å². The van der Waals surface area contributed by atoms with Crippen LogP contribution < -0.4 is 0 Å². The Hall–Kier alpha value is -2.95. The molecule has 0 spiro atoms. The number of nitrogens with zero attached hydrogens (tertiary/aromatic N) is 1. The predicted molar refractivity (Wildman–Crippen MR) is 116 cm³/mol. The molecule has 5 heteroatoms. The maximum Gasteiger partial charge on any atom is 0.223 e. The highest BCUT2D eigenvalue weighted by atomic mass is 19.1. The number of amides is 1. The summed E-state index contributed by atoms with van der Waals surface area (Å²) in [6, 6.07) is 13.8. The molecule has 0 radical (unpaired) electrons. The van der Waals surface area contributed by atoms with Crippen molar-refractivity contribution >= 4 is 22.6 Å². The Bertz CT molecular complexity index is 1070. The third-order valence-corrected chi connectivity index (χ3v) is 5.91. The number of benzene rings is 2. The highest BCUT2D eigenvalue weighted by Crippen LogP contribution is 2.38. The molecule has 0 saturated carbocycles. The van der Waals surface area contributed by atoms with Gasteiger partial charge in [-0.25, -0.2) is 4.39 Å². The van der Waals surface area contributed by atoms with E-state index in [1.807, 2.05) is 17.0 Å². The molecule has 2 heterocycles. The molecule has 2 aromatic carbocycles. The van der Waals surface area contributed by atoms with Crippen molar-refractivity contribution in [2.45, 2.75) is 45.6 Å². The number of carbonyl (C=O) groups excluding carboxylic acids is 2. The van der Waals surface area contributed by atoms with Gasteiger partial charge in [0.15, 0.2) is 5.78 Å². The van der Waals surface area contributed by atoms with Gasteiger partial charge in [0, 0.05) is 41.5 Å². The normalized spacial score (nSPS) is 16.1. The fourth-order valence-corrected chi connectivity index (χ4v) is 4.45. The zero-order chi connectivity index (χ0) is 21.3. The third kappa shape index (κ3) is 4.02. The van der Waals surface area contributed by atoms with E-state index in [4.69, 9.17) is 0 Å². The molecule has 1 aliphatic rings. The van der Waals surface area contributed by atoms with Crippen molar-refractivity contribution < 1.29 is 14.0 Å². The maximum absolute atomic E-state index is 13.1. The lowest BCUT2D eigenvalue weighted by atomic mass is 9.91. The van der Waals surface area contributed by atoms with Crippen molar-refractivity contribution in [2.75, 3.05) is 6.54 Å². The van der Waals surface area contributed by atoms with Crippen LogP contribution in [-0.2, 0) is 11.2 Å². The van der Waals surface area contributed by atoms with E-state index in [1.165, 1.54) is 35.2 Å². The minimum absolute atomic E-state index is 0.000387. The summed E-state index contributed by atoms with van der Waals surface area (Å²) in [5, 5.41) is 1.24. The Morgan fingerprint density at radius 2 is 1.83 bits per heavy atom. The average Bonchev–Trinajstić information content (AvgIpc) is 3.11. The van der Waals surface area contributed by atoms with Crippen molar-refractivity contribution in [2.24, 2.45) is 5.92 Å². The molecule has 1 amide bonds. The summed E-state index contributed by atoms with van der Waals surface area (Å²) < 4.78 is 13.1. The van der Waals surface area contributed by atoms with E-state index in [0.717, 1.165) is 24.1 Å². The summed E-state index contributed by atoms with van der Waals surface area (Å²) in [6.07, 6.45) is 1.98. The summed E-state index contributed by atoms with van der Waals surface area (Å²) in [5.41, 5.74) is 3.99. The highest BCUT2D eigenvalue weighted by Gasteiger charge is 2.33. The van der Waals surface area contributed by atoms with E-state index in [-0.39, 0.29) is 36.4 Å². The number of aromatic amines is 1. The molecule has 4 nitrogen and oxygen atoms in total. The van der Waals surface area contributed by atoms with Gasteiger partial charge in [0.25, 0.3) is 0 Å². The molecule has 1 aromatic heterocycles. The Labute approximate surface area is 176 Å². The fourth-order valence-electron chi connectivity index (χ4n) is 4.45. The van der Waals surface area contributed by atoms with Gasteiger partial charge in [-0.2, -0.15) is 0 Å². The first-order valence-corrected chi connectivity index (χ1v) is 10.6. The van der Waals surface area contributed by atoms with Gasteiger partial charge in [-0.05, 0) is 54.7 Å². The Morgan fingerprint density at radius 1 is 1.10 bits per heavy atom. The van der Waals surface area contributed by atoms with Crippen molar-refractivity contribution in [3.8, 4) is 0 Å². The molecule has 4 rings (SSSR count). The van der Waals surface area contributed by atoms with E-state index in [2.05, 4.69) is 31.0 Å². The van der Waals surface area contributed by atoms with Gasteiger partial charge in [0.1, 0.15) is 5.82 Å². The first-order chi connectivity index (χ1) is 14.4. The molecular weight excluding hydrogens is 379 g/mol. The molecule has 0 aliphatic carbocycles. The van der Waals surface area contributed by atoms with Crippen molar-refractivity contribution in [1.82, 2.24) is 9.88 Å². The van der Waals surface area contributed by atoms with Crippen LogP contribution in [0.5, 0.6) is 0 Å². The van der Waals surface area contributed by atoms with Crippen LogP contribution >= 0.6 is 0 Å². The minimum Gasteiger partial charge on any atom is -0.356 e. The van der Waals surface area contributed by atoms with Crippen LogP contribution in [0.1, 0.15) is 60.8 Å². The van der Waals surface area contributed by atoms with E-state index in [9.17, 15) is 14.0 Å². The highest BCUT2D eigenvalue weighted by molar-refractivity contribution is 5.98. The number of fused-ring (bicyclic) bond motifs is 3. The molecule has 0 bridgehead atoms. The molecular formula is C25H27FN2O2. The fraction of sp³-hybridized carbons (Fsp3) is 0.360. The van der Waals surface area contributed by atoms with Crippen molar-refractivity contribution in [3.63, 3.8) is 0 Å². The van der Waals surface area contributed by atoms with Gasteiger partial charge in [-0.3, -0.25) is 9.59 Å². The largest absolute Gasteiger partial charge is 0.356 e. The lowest BCUT2D eigenvalue weighted by Crippen LogP contribution is -2.40. The average molecular weight is 407 g/mol. The molecule has 1 atom stereocenters. The minimum atomic E-state index is -0.374. The number of carbonyl (C=O) groups is 2. The summed E-state index contributed by atoms with van der Waals surface area (Å²) in [7, 11) is 0. The first-order valence-electron chi connectivity index (χ1n) is 10.6. The second-order valence-corrected chi connectivity index (χ2v) is 8.48. The van der Waals surface area contributed by atoms with Crippen LogP contribution in [0.15, 0.2) is 48.5 Å². The number of nitrogens with one attached hydrogen (secondary N) is 1. The Balaban J connectivity index is 1.52. The third-order valence-electron chi connectivity index (χ3n) is 5.91. The number of ketones is 1. The number of rotatable bonds is 6. The lowest BCUT2D eigenvalue weighted by molar-refractivity contribution is -0.134. The number of para-hydroxylation sites is 1. The SMILES string of the molecule is CC(C)C[C@H]1c2[nH]c3ccccc3c2CCN1C(=O)CCC(=O)c1ccc(F)cc1. The standard InChI is InChI=1S/C25H27FN2O2/c1-16(2)15-22-25-20(19-5-3-4-6-21(19)27-25)13-14-28(22)24(30)12-11-23(29)17-7-9-18(26)10-8-17/h3-10,16,22,27H,11-15H2,1-2H3/t22-/m0/s1. The number of halogens is 1. The smallest absolute Gasteiger partial charge is 0.223 e. The van der Waals surface area contributed by atoms with Gasteiger partial charge in [0.05, 0.1) is 6.04 Å². The zero-order valence-corrected chi connectivity index (χ0v) is 17.5. The monoisotopic (exact) mass is 406 g/mol. The summed E-state index contributed by atoms with van der Waals surface area (Å²) in [5.74, 6) is -0.0717. The van der Waals surface area contributed by atoms with Gasteiger partial charge >= 0.3 is 0 Å². The molecule has 1 N–H and O–H groups in total. The lowest BCUT2D eigenvalue weighted by Gasteiger charge is -2.37. The number of H-pyrrole nitrogens is 1. The van der Waals surface area contributed by atoms with Gasteiger partial charge < -0.3 is 9.88 Å². The van der Waals surface area contributed by atoms with Gasteiger partial charge in [-0.1, -0.05) is 32.0 Å². The van der Waals surface area contributed by atoms with Crippen LogP contribution in [0.4, 0.5) is 4.39 Å². The number of hydrogen-bond donors (Lipinski definition) is 1. The van der Waals surface area contributed by atoms with Crippen LogP contribution in [0.2, 0.25) is 0 Å². The van der Waals surface area contributed by atoms with Crippen molar-refractivity contribution in [1.29, 1.82) is 0 Å². The summed E-state index contributed by atoms with van der Waals surface area (Å²) >= 11 is 0. The van der Waals surface area contributed by atoms with E-state index < -0.39 is 0 Å². The van der Waals surface area contributed by atoms with Crippen LogP contribution in [0.25, 0.3) is 10.9 Å². The Kier molecular flexibility index (Phi) is 5.71. The van der Waals surface area contributed by atoms with Crippen LogP contribution in [0, 0.1) is 11.7 Å². The molecule has 0 fully saturated rings. The van der Waals surface area contributed by atoms with Crippen LogP contribution in [-0.4, -0.2) is 28.1 Å². The summed E-state index contributed by atoms with van der Waals surface area (Å²) in [4.78, 5) is 31.0. The van der Waals surface area contributed by atoms with E-state index in [1.54, 1.807) is 0 Å². The molecule has 1 aliphatic heterocycles. The predicted octanol–water partition coefficient (Wildman–Crippen LogP) is 5.44. The molecule has 0 saturated heterocycles. The second-order valence-electron chi connectivity index (χ2n) is 8.48. The van der Waals surface area contributed by atoms with Gasteiger partial charge in [-0.15, -0.1) is 0 Å². The quantitative estimate of drug-likeness (QED) is 0.554. The molecule has 3 aromatic rings. The maximum atomic E-state index is 13.1. The van der Waals surface area contributed by atoms with Crippen molar-refractivity contribution in [3.05, 3.63) is 71.2 Å². The first kappa shape index (κ1) is 20.3. The second kappa shape index (κ2) is 8.42. The topological polar surface area (TPSA) is 53.2 Å². The van der Waals surface area contributed by atoms with E-state index in [0.29, 0.717) is 18.0 Å². The molecule has 156 valence electrons. The molecule has 0 unspecified atom stereocenters. The van der Waals surface area contributed by atoms with E-state index >= 15 is 0 Å². The van der Waals surface area contributed by atoms with Crippen LogP contribution in [0.3, 0.4) is 0 Å². The number of hydrogen-bond acceptors (Lipinski definition) is 2. The summed E-state index contributed by atoms with van der Waals surface area (Å²) in [6.45, 7) is 4.99. The molecule has 30 heavy (non-hydrogen) atoms. The number of aromatic nitrogens is 1. The Morgan fingerprint density at radius 3 is 2.57 bits per heavy atom.